The van der Waals surface area contributed by atoms with Gasteiger partial charge in [-0.2, -0.15) is 0 Å². The standard InChI is InChI=1S/C13H25N3O5/c1-6(2)5-9(11(18)15-7(3)13(20)21)16-12(19)10(14)8(4)17/h6-10,17H,5,14H2,1-4H3,(H,15,18)(H,16,19)(H,20,21). The summed E-state index contributed by atoms with van der Waals surface area (Å²) < 4.78 is 0. The molecule has 0 saturated heterocycles. The predicted octanol–water partition coefficient (Wildman–Crippen LogP) is -1.19. The third-order valence-corrected chi connectivity index (χ3v) is 2.89. The van der Waals surface area contributed by atoms with E-state index >= 15 is 0 Å². The average Bonchev–Trinajstić information content (AvgIpc) is 2.35. The molecule has 2 amide bonds. The molecular formula is C13H25N3O5. The lowest BCUT2D eigenvalue weighted by molar-refractivity contribution is -0.141. The number of rotatable bonds is 8. The predicted molar refractivity (Wildman–Crippen MR) is 76.3 cm³/mol. The van der Waals surface area contributed by atoms with Crippen LogP contribution in [0, 0.1) is 5.92 Å². The summed E-state index contributed by atoms with van der Waals surface area (Å²) in [6.45, 7) is 6.42. The maximum atomic E-state index is 12.0. The van der Waals surface area contributed by atoms with Crippen molar-refractivity contribution in [2.75, 3.05) is 0 Å². The topological polar surface area (TPSA) is 142 Å². The van der Waals surface area contributed by atoms with Crippen molar-refractivity contribution >= 4 is 17.8 Å². The summed E-state index contributed by atoms with van der Waals surface area (Å²) in [5.41, 5.74) is 5.50. The van der Waals surface area contributed by atoms with Gasteiger partial charge in [0.25, 0.3) is 0 Å². The number of amides is 2. The van der Waals surface area contributed by atoms with Crippen molar-refractivity contribution in [2.45, 2.75) is 58.3 Å². The highest BCUT2D eigenvalue weighted by Gasteiger charge is 2.28. The van der Waals surface area contributed by atoms with Crippen LogP contribution in [0.2, 0.25) is 0 Å². The smallest absolute Gasteiger partial charge is 0.325 e. The van der Waals surface area contributed by atoms with Crippen LogP contribution in [-0.4, -0.2) is 52.2 Å². The van der Waals surface area contributed by atoms with Crippen LogP contribution in [0.4, 0.5) is 0 Å². The van der Waals surface area contributed by atoms with Crippen molar-refractivity contribution in [1.29, 1.82) is 0 Å². The number of hydrogen-bond acceptors (Lipinski definition) is 5. The monoisotopic (exact) mass is 303 g/mol. The highest BCUT2D eigenvalue weighted by Crippen LogP contribution is 2.06. The number of aliphatic carboxylic acids is 1. The molecular weight excluding hydrogens is 278 g/mol. The van der Waals surface area contributed by atoms with Gasteiger partial charge < -0.3 is 26.6 Å². The van der Waals surface area contributed by atoms with Crippen molar-refractivity contribution < 1.29 is 24.6 Å². The first kappa shape index (κ1) is 19.3. The van der Waals surface area contributed by atoms with Gasteiger partial charge in [0, 0.05) is 0 Å². The highest BCUT2D eigenvalue weighted by atomic mass is 16.4. The van der Waals surface area contributed by atoms with Gasteiger partial charge in [0.15, 0.2) is 0 Å². The number of carboxylic acid groups (broad SMARTS) is 1. The van der Waals surface area contributed by atoms with Gasteiger partial charge in [0.1, 0.15) is 18.1 Å². The number of hydrogen-bond donors (Lipinski definition) is 5. The SMILES string of the molecule is CC(C)CC(NC(=O)C(N)C(C)O)C(=O)NC(C)C(=O)O. The summed E-state index contributed by atoms with van der Waals surface area (Å²) in [7, 11) is 0. The second kappa shape index (κ2) is 8.58. The Kier molecular flexibility index (Phi) is 7.90. The van der Waals surface area contributed by atoms with Crippen molar-refractivity contribution in [3.05, 3.63) is 0 Å². The Morgan fingerprint density at radius 2 is 1.57 bits per heavy atom. The number of carbonyl (C=O) groups is 3. The van der Waals surface area contributed by atoms with Crippen LogP contribution in [0.15, 0.2) is 0 Å². The quantitative estimate of drug-likeness (QED) is 0.382. The second-order valence-corrected chi connectivity index (χ2v) is 5.53. The molecule has 0 aromatic heterocycles. The lowest BCUT2D eigenvalue weighted by atomic mass is 10.0. The number of carboxylic acids is 1. The van der Waals surface area contributed by atoms with E-state index in [9.17, 15) is 19.5 Å². The molecule has 0 heterocycles. The van der Waals surface area contributed by atoms with E-state index < -0.39 is 42.0 Å². The summed E-state index contributed by atoms with van der Waals surface area (Å²) in [5, 5.41) is 22.8. The number of nitrogens with two attached hydrogens (primary N) is 1. The van der Waals surface area contributed by atoms with Crippen molar-refractivity contribution in [2.24, 2.45) is 11.7 Å². The molecule has 0 aromatic rings. The van der Waals surface area contributed by atoms with E-state index in [0.717, 1.165) is 0 Å². The Balaban J connectivity index is 4.83. The van der Waals surface area contributed by atoms with Crippen LogP contribution in [0.1, 0.15) is 34.1 Å². The molecule has 0 saturated carbocycles. The van der Waals surface area contributed by atoms with Gasteiger partial charge >= 0.3 is 5.97 Å². The lowest BCUT2D eigenvalue weighted by Gasteiger charge is -2.23. The first-order chi connectivity index (χ1) is 9.56. The molecule has 0 fully saturated rings. The molecule has 4 unspecified atom stereocenters. The fraction of sp³-hybridized carbons (Fsp3) is 0.769. The van der Waals surface area contributed by atoms with Crippen molar-refractivity contribution in [3.8, 4) is 0 Å². The molecule has 8 nitrogen and oxygen atoms in total. The number of carbonyl (C=O) groups excluding carboxylic acids is 2. The minimum absolute atomic E-state index is 0.101. The fourth-order valence-electron chi connectivity index (χ4n) is 1.57. The summed E-state index contributed by atoms with van der Waals surface area (Å²) in [6, 6.07) is -3.11. The number of aliphatic hydroxyl groups excluding tert-OH is 1. The molecule has 21 heavy (non-hydrogen) atoms. The Bertz CT molecular complexity index is 384. The Morgan fingerprint density at radius 3 is 1.95 bits per heavy atom. The zero-order valence-corrected chi connectivity index (χ0v) is 12.8. The summed E-state index contributed by atoms with van der Waals surface area (Å²) in [5.74, 6) is -2.32. The van der Waals surface area contributed by atoms with E-state index in [2.05, 4.69) is 10.6 Å². The summed E-state index contributed by atoms with van der Waals surface area (Å²) in [6.07, 6.45) is -0.720. The summed E-state index contributed by atoms with van der Waals surface area (Å²) >= 11 is 0. The van der Waals surface area contributed by atoms with Gasteiger partial charge in [0.05, 0.1) is 6.10 Å². The largest absolute Gasteiger partial charge is 0.480 e. The molecule has 0 spiro atoms. The minimum atomic E-state index is -1.17. The average molecular weight is 303 g/mol. The molecule has 8 heteroatoms. The third kappa shape index (κ3) is 7.05. The highest BCUT2D eigenvalue weighted by molar-refractivity contribution is 5.91. The molecule has 6 N–H and O–H groups in total. The Morgan fingerprint density at radius 1 is 1.05 bits per heavy atom. The minimum Gasteiger partial charge on any atom is -0.480 e. The second-order valence-electron chi connectivity index (χ2n) is 5.53. The van der Waals surface area contributed by atoms with Crippen molar-refractivity contribution in [1.82, 2.24) is 10.6 Å². The molecule has 122 valence electrons. The zero-order chi connectivity index (χ0) is 16.7. The zero-order valence-electron chi connectivity index (χ0n) is 12.8. The van der Waals surface area contributed by atoms with E-state index in [0.29, 0.717) is 6.42 Å². The lowest BCUT2D eigenvalue weighted by Crippen LogP contribution is -2.56. The van der Waals surface area contributed by atoms with Gasteiger partial charge in [-0.25, -0.2) is 0 Å². The number of nitrogens with one attached hydrogen (secondary N) is 2. The van der Waals surface area contributed by atoms with Gasteiger partial charge in [-0.3, -0.25) is 14.4 Å². The first-order valence-electron chi connectivity index (χ1n) is 6.83. The molecule has 0 radical (unpaired) electrons. The van der Waals surface area contributed by atoms with Crippen LogP contribution >= 0.6 is 0 Å². The van der Waals surface area contributed by atoms with Crippen LogP contribution in [0.5, 0.6) is 0 Å². The molecule has 0 aliphatic heterocycles. The van der Waals surface area contributed by atoms with Crippen LogP contribution in [0.25, 0.3) is 0 Å². The molecule has 0 aliphatic rings. The van der Waals surface area contributed by atoms with Crippen LogP contribution < -0.4 is 16.4 Å². The molecule has 0 aromatic carbocycles. The van der Waals surface area contributed by atoms with E-state index in [1.165, 1.54) is 13.8 Å². The molecule has 4 atom stereocenters. The van der Waals surface area contributed by atoms with E-state index in [1.54, 1.807) is 0 Å². The van der Waals surface area contributed by atoms with Gasteiger partial charge in [-0.1, -0.05) is 13.8 Å². The first-order valence-corrected chi connectivity index (χ1v) is 6.83. The molecule has 0 aliphatic carbocycles. The number of aliphatic hydroxyl groups is 1. The van der Waals surface area contributed by atoms with E-state index in [1.807, 2.05) is 13.8 Å². The summed E-state index contributed by atoms with van der Waals surface area (Å²) in [4.78, 5) is 34.6. The van der Waals surface area contributed by atoms with Crippen LogP contribution in [-0.2, 0) is 14.4 Å². The maximum Gasteiger partial charge on any atom is 0.325 e. The van der Waals surface area contributed by atoms with Gasteiger partial charge in [-0.05, 0) is 26.2 Å². The van der Waals surface area contributed by atoms with E-state index in [-0.39, 0.29) is 5.92 Å². The maximum absolute atomic E-state index is 12.0. The van der Waals surface area contributed by atoms with Crippen LogP contribution in [0.3, 0.4) is 0 Å². The Labute approximate surface area is 124 Å². The van der Waals surface area contributed by atoms with Crippen molar-refractivity contribution in [3.63, 3.8) is 0 Å². The fourth-order valence-corrected chi connectivity index (χ4v) is 1.57. The van der Waals surface area contributed by atoms with E-state index in [4.69, 9.17) is 10.8 Å². The third-order valence-electron chi connectivity index (χ3n) is 2.89. The van der Waals surface area contributed by atoms with Gasteiger partial charge in [-0.15, -0.1) is 0 Å². The molecule has 0 rings (SSSR count). The van der Waals surface area contributed by atoms with Gasteiger partial charge in [0.2, 0.25) is 11.8 Å². The normalized spacial score (nSPS) is 16.7. The molecule has 0 bridgehead atoms. The Hall–Kier alpha value is -1.67.